The number of furan rings is 1. The van der Waals surface area contributed by atoms with Crippen molar-refractivity contribution in [2.45, 2.75) is 23.8 Å². The van der Waals surface area contributed by atoms with Gasteiger partial charge in [-0.15, -0.1) is 0 Å². The number of halogens is 1. The molecule has 1 unspecified atom stereocenters. The molecule has 1 atom stereocenters. The highest BCUT2D eigenvalue weighted by atomic mass is 32.2. The molecule has 1 aromatic carbocycles. The lowest BCUT2D eigenvalue weighted by Crippen LogP contribution is -2.31. The van der Waals surface area contributed by atoms with E-state index < -0.39 is 21.9 Å². The Morgan fingerprint density at radius 3 is 2.62 bits per heavy atom. The van der Waals surface area contributed by atoms with Gasteiger partial charge in [0, 0.05) is 20.0 Å². The van der Waals surface area contributed by atoms with Gasteiger partial charge in [0.2, 0.25) is 15.9 Å². The highest BCUT2D eigenvalue weighted by Gasteiger charge is 2.20. The quantitative estimate of drug-likeness (QED) is 0.685. The van der Waals surface area contributed by atoms with Crippen LogP contribution in [0.1, 0.15) is 24.7 Å². The second-order valence-corrected chi connectivity index (χ2v) is 7.76. The first-order valence-electron chi connectivity index (χ1n) is 8.01. The van der Waals surface area contributed by atoms with Crippen molar-refractivity contribution >= 4 is 15.9 Å². The van der Waals surface area contributed by atoms with Crippen LogP contribution in [0, 0.1) is 5.82 Å². The monoisotopic (exact) mass is 384 g/mol. The maximum absolute atomic E-state index is 12.9. The summed E-state index contributed by atoms with van der Waals surface area (Å²) in [6.07, 6.45) is 0.904. The molecule has 9 heteroatoms. The Hall–Kier alpha value is -2.23. The first kappa shape index (κ1) is 20.1. The maximum atomic E-state index is 12.9. The molecule has 0 aliphatic heterocycles. The third kappa shape index (κ3) is 5.38. The number of carbonyl (C=O) groups excluding carboxylic acids is 1. The number of sulfonamides is 1. The second-order valence-electron chi connectivity index (χ2n) is 5.72. The van der Waals surface area contributed by atoms with E-state index in [1.54, 1.807) is 12.1 Å². The molecule has 1 heterocycles. The predicted octanol–water partition coefficient (Wildman–Crippen LogP) is 1.67. The first-order chi connectivity index (χ1) is 12.3. The smallest absolute Gasteiger partial charge is 0.242 e. The molecule has 2 aromatic rings. The summed E-state index contributed by atoms with van der Waals surface area (Å²) < 4.78 is 43.7. The third-order valence-electron chi connectivity index (χ3n) is 3.76. The molecule has 7 nitrogen and oxygen atoms in total. The Labute approximate surface area is 151 Å². The Balaban J connectivity index is 1.75. The largest absolute Gasteiger partial charge is 0.467 e. The Morgan fingerprint density at radius 2 is 2.00 bits per heavy atom. The van der Waals surface area contributed by atoms with E-state index in [1.165, 1.54) is 25.4 Å². The van der Waals surface area contributed by atoms with Crippen LogP contribution in [-0.4, -0.2) is 43.9 Å². The van der Waals surface area contributed by atoms with Crippen molar-refractivity contribution < 1.29 is 27.1 Å². The topological polar surface area (TPSA) is 99.8 Å². The average Bonchev–Trinajstić information content (AvgIpc) is 3.14. The fourth-order valence-corrected chi connectivity index (χ4v) is 3.46. The lowest BCUT2D eigenvalue weighted by Gasteiger charge is -2.17. The van der Waals surface area contributed by atoms with Crippen LogP contribution in [0.4, 0.5) is 4.39 Å². The summed E-state index contributed by atoms with van der Waals surface area (Å²) in [5.41, 5.74) is 0. The van der Waals surface area contributed by atoms with E-state index in [0.29, 0.717) is 12.2 Å². The van der Waals surface area contributed by atoms with Gasteiger partial charge in [0.15, 0.2) is 0 Å². The molecule has 0 radical (unpaired) electrons. The van der Waals surface area contributed by atoms with Gasteiger partial charge in [-0.3, -0.25) is 4.79 Å². The standard InChI is InChI=1S/C17H21FN2O5S/c1-20(26(23,24)14-8-6-13(18)7-9-14)10-2-5-17(22)19-12-15(21)16-4-3-11-25-16/h3-4,6-9,11,15,21H,2,5,10,12H2,1H3,(H,19,22). The molecule has 26 heavy (non-hydrogen) atoms. The highest BCUT2D eigenvalue weighted by molar-refractivity contribution is 7.89. The summed E-state index contributed by atoms with van der Waals surface area (Å²) >= 11 is 0. The molecule has 0 fully saturated rings. The molecule has 1 amide bonds. The molecular formula is C17H21FN2O5S. The van der Waals surface area contributed by atoms with Crippen LogP contribution >= 0.6 is 0 Å². The van der Waals surface area contributed by atoms with Gasteiger partial charge >= 0.3 is 0 Å². The zero-order valence-corrected chi connectivity index (χ0v) is 15.1. The van der Waals surface area contributed by atoms with E-state index in [1.807, 2.05) is 0 Å². The summed E-state index contributed by atoms with van der Waals surface area (Å²) in [7, 11) is -2.33. The number of hydrogen-bond acceptors (Lipinski definition) is 5. The molecule has 0 saturated carbocycles. The van der Waals surface area contributed by atoms with Crippen LogP contribution in [0.25, 0.3) is 0 Å². The van der Waals surface area contributed by atoms with E-state index in [-0.39, 0.29) is 30.3 Å². The van der Waals surface area contributed by atoms with Crippen LogP contribution in [-0.2, 0) is 14.8 Å². The minimum Gasteiger partial charge on any atom is -0.467 e. The van der Waals surface area contributed by atoms with Crippen molar-refractivity contribution in [3.8, 4) is 0 Å². The van der Waals surface area contributed by atoms with Crippen molar-refractivity contribution in [1.82, 2.24) is 9.62 Å². The number of benzene rings is 1. The minimum atomic E-state index is -3.73. The molecule has 0 bridgehead atoms. The van der Waals surface area contributed by atoms with Gasteiger partial charge in [-0.2, -0.15) is 0 Å². The number of amides is 1. The zero-order chi connectivity index (χ0) is 19.2. The van der Waals surface area contributed by atoms with Crippen molar-refractivity contribution in [2.24, 2.45) is 0 Å². The van der Waals surface area contributed by atoms with Gasteiger partial charge in [-0.25, -0.2) is 17.1 Å². The van der Waals surface area contributed by atoms with Crippen molar-refractivity contribution in [2.75, 3.05) is 20.1 Å². The second kappa shape index (κ2) is 8.93. The molecule has 142 valence electrons. The lowest BCUT2D eigenvalue weighted by atomic mass is 10.2. The number of nitrogens with zero attached hydrogens (tertiary/aromatic N) is 1. The number of rotatable bonds is 9. The van der Waals surface area contributed by atoms with Crippen LogP contribution in [0.15, 0.2) is 52.0 Å². The van der Waals surface area contributed by atoms with Gasteiger partial charge < -0.3 is 14.8 Å². The fourth-order valence-electron chi connectivity index (χ4n) is 2.25. The Morgan fingerprint density at radius 1 is 1.31 bits per heavy atom. The van der Waals surface area contributed by atoms with E-state index in [2.05, 4.69) is 5.32 Å². The lowest BCUT2D eigenvalue weighted by molar-refractivity contribution is -0.121. The molecule has 2 rings (SSSR count). The van der Waals surface area contributed by atoms with E-state index >= 15 is 0 Å². The molecule has 0 aliphatic carbocycles. The van der Waals surface area contributed by atoms with E-state index in [4.69, 9.17) is 4.42 Å². The average molecular weight is 384 g/mol. The molecular weight excluding hydrogens is 363 g/mol. The molecule has 2 N–H and O–H groups in total. The first-order valence-corrected chi connectivity index (χ1v) is 9.45. The van der Waals surface area contributed by atoms with Gasteiger partial charge in [0.1, 0.15) is 17.7 Å². The Kier molecular flexibility index (Phi) is 6.90. The number of hydrogen-bond donors (Lipinski definition) is 2. The zero-order valence-electron chi connectivity index (χ0n) is 14.3. The number of aliphatic hydroxyl groups is 1. The van der Waals surface area contributed by atoms with Crippen molar-refractivity contribution in [1.29, 1.82) is 0 Å². The maximum Gasteiger partial charge on any atom is 0.242 e. The predicted molar refractivity (Wildman–Crippen MR) is 92.1 cm³/mol. The fraction of sp³-hybridized carbons (Fsp3) is 0.353. The Bertz CT molecular complexity index is 806. The molecule has 1 aromatic heterocycles. The van der Waals surface area contributed by atoms with Crippen molar-refractivity contribution in [3.63, 3.8) is 0 Å². The van der Waals surface area contributed by atoms with Gasteiger partial charge in [-0.1, -0.05) is 0 Å². The summed E-state index contributed by atoms with van der Waals surface area (Å²) in [4.78, 5) is 11.8. The van der Waals surface area contributed by atoms with E-state index in [9.17, 15) is 22.7 Å². The van der Waals surface area contributed by atoms with Crippen LogP contribution in [0.2, 0.25) is 0 Å². The van der Waals surface area contributed by atoms with Gasteiger partial charge in [0.05, 0.1) is 17.7 Å². The van der Waals surface area contributed by atoms with Gasteiger partial charge in [0.25, 0.3) is 0 Å². The molecule has 0 spiro atoms. The normalized spacial score (nSPS) is 12.9. The van der Waals surface area contributed by atoms with Crippen molar-refractivity contribution in [3.05, 3.63) is 54.2 Å². The summed E-state index contributed by atoms with van der Waals surface area (Å²) in [5.74, 6) is -0.460. The SMILES string of the molecule is CN(CCCC(=O)NCC(O)c1ccco1)S(=O)(=O)c1ccc(F)cc1. The highest BCUT2D eigenvalue weighted by Crippen LogP contribution is 2.15. The van der Waals surface area contributed by atoms with Crippen LogP contribution < -0.4 is 5.32 Å². The number of nitrogens with one attached hydrogen (secondary N) is 1. The number of aliphatic hydroxyl groups excluding tert-OH is 1. The summed E-state index contributed by atoms with van der Waals surface area (Å²) in [6.45, 7) is 0.143. The summed E-state index contributed by atoms with van der Waals surface area (Å²) in [5, 5.41) is 12.4. The molecule has 0 saturated heterocycles. The van der Waals surface area contributed by atoms with Crippen LogP contribution in [0.5, 0.6) is 0 Å². The molecule has 0 aliphatic rings. The number of carbonyl (C=O) groups is 1. The summed E-state index contributed by atoms with van der Waals surface area (Å²) in [6, 6.07) is 7.80. The van der Waals surface area contributed by atoms with Gasteiger partial charge in [-0.05, 0) is 42.8 Å². The van der Waals surface area contributed by atoms with Crippen LogP contribution in [0.3, 0.4) is 0 Å². The third-order valence-corrected chi connectivity index (χ3v) is 5.63. The van der Waals surface area contributed by atoms with E-state index in [0.717, 1.165) is 16.4 Å². The minimum absolute atomic E-state index is 0.00702.